The van der Waals surface area contributed by atoms with Crippen molar-refractivity contribution in [1.82, 2.24) is 0 Å². The van der Waals surface area contributed by atoms with Crippen LogP contribution >= 0.6 is 0 Å². The van der Waals surface area contributed by atoms with E-state index in [4.69, 9.17) is 5.73 Å². The van der Waals surface area contributed by atoms with Crippen molar-refractivity contribution in [2.45, 2.75) is 13.8 Å². The molecule has 5 heteroatoms. The van der Waals surface area contributed by atoms with E-state index in [2.05, 4.69) is 16.6 Å². The van der Waals surface area contributed by atoms with E-state index < -0.39 is 10.0 Å². The van der Waals surface area contributed by atoms with Gasteiger partial charge in [-0.05, 0) is 37.6 Å². The first-order chi connectivity index (χ1) is 7.98. The Balaban J connectivity index is 2.97. The lowest BCUT2D eigenvalue weighted by molar-refractivity contribution is 0.602. The van der Waals surface area contributed by atoms with Crippen LogP contribution in [0.2, 0.25) is 0 Å². The highest BCUT2D eigenvalue weighted by Crippen LogP contribution is 2.15. The van der Waals surface area contributed by atoms with E-state index >= 15 is 0 Å². The number of hydrogen-bond donors (Lipinski definition) is 2. The zero-order valence-corrected chi connectivity index (χ0v) is 10.8. The molecule has 0 aliphatic heterocycles. The summed E-state index contributed by atoms with van der Waals surface area (Å²) < 4.78 is 25.3. The first-order valence-corrected chi connectivity index (χ1v) is 6.94. The zero-order valence-electron chi connectivity index (χ0n) is 9.95. The van der Waals surface area contributed by atoms with Crippen molar-refractivity contribution in [3.8, 4) is 11.8 Å². The van der Waals surface area contributed by atoms with E-state index in [1.165, 1.54) is 0 Å². The predicted molar refractivity (Wildman–Crippen MR) is 70.2 cm³/mol. The fraction of sp³-hybridized carbons (Fsp3) is 0.333. The summed E-state index contributed by atoms with van der Waals surface area (Å²) in [6.07, 6.45) is 0. The maximum absolute atomic E-state index is 11.4. The van der Waals surface area contributed by atoms with Crippen LogP contribution in [0, 0.1) is 18.8 Å². The van der Waals surface area contributed by atoms with Crippen LogP contribution in [0.5, 0.6) is 0 Å². The predicted octanol–water partition coefficient (Wildman–Crippen LogP) is 1.07. The van der Waals surface area contributed by atoms with Crippen LogP contribution < -0.4 is 10.5 Å². The summed E-state index contributed by atoms with van der Waals surface area (Å²) in [6, 6.07) is 5.24. The van der Waals surface area contributed by atoms with Gasteiger partial charge in [0.05, 0.1) is 12.3 Å². The third-order valence-electron chi connectivity index (χ3n) is 2.20. The normalized spacial score (nSPS) is 10.5. The van der Waals surface area contributed by atoms with Crippen molar-refractivity contribution in [3.05, 3.63) is 29.3 Å². The van der Waals surface area contributed by atoms with Gasteiger partial charge >= 0.3 is 0 Å². The topological polar surface area (TPSA) is 72.2 Å². The van der Waals surface area contributed by atoms with Gasteiger partial charge in [-0.3, -0.25) is 4.72 Å². The number of nitrogens with one attached hydrogen (secondary N) is 1. The maximum Gasteiger partial charge on any atom is 0.232 e. The van der Waals surface area contributed by atoms with Crippen LogP contribution in [0.1, 0.15) is 18.1 Å². The Labute approximate surface area is 102 Å². The number of benzene rings is 1. The Morgan fingerprint density at radius 3 is 2.65 bits per heavy atom. The van der Waals surface area contributed by atoms with Gasteiger partial charge in [0.1, 0.15) is 0 Å². The average molecular weight is 252 g/mol. The van der Waals surface area contributed by atoms with Crippen LogP contribution in [0.25, 0.3) is 0 Å². The molecule has 0 radical (unpaired) electrons. The van der Waals surface area contributed by atoms with Gasteiger partial charge in [0, 0.05) is 11.3 Å². The SMILES string of the molecule is CCS(=O)(=O)Nc1ccc(C#CCN)c(C)c1. The quantitative estimate of drug-likeness (QED) is 0.790. The van der Waals surface area contributed by atoms with Crippen molar-refractivity contribution in [1.29, 1.82) is 0 Å². The Hall–Kier alpha value is -1.51. The molecule has 0 unspecified atom stereocenters. The molecule has 0 saturated heterocycles. The molecule has 0 heterocycles. The summed E-state index contributed by atoms with van der Waals surface area (Å²) in [4.78, 5) is 0. The molecule has 0 bridgehead atoms. The zero-order chi connectivity index (χ0) is 12.9. The molecule has 1 aromatic rings. The average Bonchev–Trinajstić information content (AvgIpc) is 2.27. The first-order valence-electron chi connectivity index (χ1n) is 5.28. The van der Waals surface area contributed by atoms with Crippen molar-refractivity contribution in [2.75, 3.05) is 17.0 Å². The second-order valence-corrected chi connectivity index (χ2v) is 5.55. The van der Waals surface area contributed by atoms with Crippen LogP contribution in [-0.4, -0.2) is 20.7 Å². The minimum absolute atomic E-state index is 0.0563. The van der Waals surface area contributed by atoms with Crippen molar-refractivity contribution >= 4 is 15.7 Å². The molecule has 92 valence electrons. The maximum atomic E-state index is 11.4. The number of nitrogens with two attached hydrogens (primary N) is 1. The largest absolute Gasteiger partial charge is 0.320 e. The minimum atomic E-state index is -3.23. The second kappa shape index (κ2) is 5.71. The van der Waals surface area contributed by atoms with E-state index in [-0.39, 0.29) is 5.75 Å². The summed E-state index contributed by atoms with van der Waals surface area (Å²) in [5.41, 5.74) is 7.63. The monoisotopic (exact) mass is 252 g/mol. The molecule has 0 saturated carbocycles. The number of hydrogen-bond acceptors (Lipinski definition) is 3. The molecule has 0 spiro atoms. The Kier molecular flexibility index (Phi) is 4.55. The molecule has 4 nitrogen and oxygen atoms in total. The first kappa shape index (κ1) is 13.6. The van der Waals surface area contributed by atoms with Gasteiger partial charge in [-0.25, -0.2) is 8.42 Å². The molecular weight excluding hydrogens is 236 g/mol. The highest BCUT2D eigenvalue weighted by atomic mass is 32.2. The smallest absolute Gasteiger partial charge is 0.232 e. The van der Waals surface area contributed by atoms with Crippen molar-refractivity contribution < 1.29 is 8.42 Å². The van der Waals surface area contributed by atoms with Gasteiger partial charge in [-0.1, -0.05) is 11.8 Å². The highest BCUT2D eigenvalue weighted by molar-refractivity contribution is 7.92. The third-order valence-corrected chi connectivity index (χ3v) is 3.51. The summed E-state index contributed by atoms with van der Waals surface area (Å²) >= 11 is 0. The molecule has 17 heavy (non-hydrogen) atoms. The van der Waals surface area contributed by atoms with Crippen LogP contribution in [-0.2, 0) is 10.0 Å². The minimum Gasteiger partial charge on any atom is -0.320 e. The van der Waals surface area contributed by atoms with Crippen LogP contribution in [0.15, 0.2) is 18.2 Å². The van der Waals surface area contributed by atoms with E-state index in [1.807, 2.05) is 6.92 Å². The summed E-state index contributed by atoms with van der Waals surface area (Å²) in [6.45, 7) is 3.78. The van der Waals surface area contributed by atoms with Gasteiger partial charge in [0.15, 0.2) is 0 Å². The molecular formula is C12H16N2O2S. The Morgan fingerprint density at radius 1 is 1.41 bits per heavy atom. The Morgan fingerprint density at radius 2 is 2.12 bits per heavy atom. The van der Waals surface area contributed by atoms with Crippen LogP contribution in [0.3, 0.4) is 0 Å². The number of aryl methyl sites for hydroxylation is 1. The summed E-state index contributed by atoms with van der Waals surface area (Å²) in [5.74, 6) is 5.74. The molecule has 0 aliphatic carbocycles. The van der Waals surface area contributed by atoms with Crippen molar-refractivity contribution in [3.63, 3.8) is 0 Å². The van der Waals surface area contributed by atoms with E-state index in [0.29, 0.717) is 12.2 Å². The molecule has 0 fully saturated rings. The molecule has 1 rings (SSSR count). The lowest BCUT2D eigenvalue weighted by atomic mass is 10.1. The third kappa shape index (κ3) is 4.10. The standard InChI is InChI=1S/C12H16N2O2S/c1-3-17(15,16)14-12-7-6-11(5-4-8-13)10(2)9-12/h6-7,9,14H,3,8,13H2,1-2H3. The summed E-state index contributed by atoms with van der Waals surface area (Å²) in [5, 5.41) is 0. The van der Waals surface area contributed by atoms with Gasteiger partial charge in [0.2, 0.25) is 10.0 Å². The Bertz CT molecular complexity index is 554. The van der Waals surface area contributed by atoms with Gasteiger partial charge < -0.3 is 5.73 Å². The number of rotatable bonds is 3. The fourth-order valence-corrected chi connectivity index (χ4v) is 1.90. The number of sulfonamides is 1. The van der Waals surface area contributed by atoms with Gasteiger partial charge in [-0.15, -0.1) is 0 Å². The molecule has 0 aliphatic rings. The molecule has 0 atom stereocenters. The van der Waals surface area contributed by atoms with Gasteiger partial charge in [-0.2, -0.15) is 0 Å². The van der Waals surface area contributed by atoms with Crippen LogP contribution in [0.4, 0.5) is 5.69 Å². The molecule has 0 aromatic heterocycles. The van der Waals surface area contributed by atoms with Gasteiger partial charge in [0.25, 0.3) is 0 Å². The fourth-order valence-electron chi connectivity index (χ4n) is 1.27. The van der Waals surface area contributed by atoms with Crippen molar-refractivity contribution in [2.24, 2.45) is 5.73 Å². The molecule has 0 amide bonds. The van der Waals surface area contributed by atoms with E-state index in [1.54, 1.807) is 25.1 Å². The highest BCUT2D eigenvalue weighted by Gasteiger charge is 2.07. The molecule has 1 aromatic carbocycles. The van der Waals surface area contributed by atoms with E-state index in [9.17, 15) is 8.42 Å². The lowest BCUT2D eigenvalue weighted by Crippen LogP contribution is -2.14. The molecule has 3 N–H and O–H groups in total. The second-order valence-electron chi connectivity index (χ2n) is 3.54. The summed E-state index contributed by atoms with van der Waals surface area (Å²) in [7, 11) is -3.23. The van der Waals surface area contributed by atoms with E-state index in [0.717, 1.165) is 11.1 Å². The number of anilines is 1. The lowest BCUT2D eigenvalue weighted by Gasteiger charge is -2.07.